The second-order valence-corrected chi connectivity index (χ2v) is 8.02. The molecule has 3 N–H and O–H groups in total. The molecule has 0 bridgehead atoms. The summed E-state index contributed by atoms with van der Waals surface area (Å²) >= 11 is 0. The molecule has 1 saturated carbocycles. The van der Waals surface area contributed by atoms with Gasteiger partial charge in [0.25, 0.3) is 0 Å². The summed E-state index contributed by atoms with van der Waals surface area (Å²) in [6.07, 6.45) is 3.00. The zero-order valence-electron chi connectivity index (χ0n) is 15.9. The Morgan fingerprint density at radius 2 is 2.07 bits per heavy atom. The van der Waals surface area contributed by atoms with Crippen molar-refractivity contribution in [3.8, 4) is 0 Å². The Balaban J connectivity index is 1.51. The van der Waals surface area contributed by atoms with Crippen molar-refractivity contribution in [2.45, 2.75) is 44.7 Å². The van der Waals surface area contributed by atoms with Crippen molar-refractivity contribution in [3.05, 3.63) is 46.5 Å². The number of hydrogen-bond donors (Lipinski definition) is 3. The van der Waals surface area contributed by atoms with Gasteiger partial charge >= 0.3 is 0 Å². The minimum absolute atomic E-state index is 0.0198. The van der Waals surface area contributed by atoms with Gasteiger partial charge in [0.05, 0.1) is 12.5 Å². The first-order valence-corrected chi connectivity index (χ1v) is 9.93. The molecule has 5 nitrogen and oxygen atoms in total. The number of rotatable bonds is 5. The minimum atomic E-state index is -0.697. The standard InChI is InChI=1S/C21H25F2N3O2/c1-11(14-5-4-13(22)8-17(14)23)25-19(27)9-15-20(12-2-3-12)16-10-24-7-6-18(16)26-21(15)28/h4-5,8,11-12,16,18,24H,2-3,6-7,9-10H2,1H3,(H,25,27)(H,26,28)/t11-,16?,18?/m0/s1. The minimum Gasteiger partial charge on any atom is -0.349 e. The number of carbonyl (C=O) groups excluding carboxylic acids is 2. The van der Waals surface area contributed by atoms with Gasteiger partial charge in [0.1, 0.15) is 11.6 Å². The summed E-state index contributed by atoms with van der Waals surface area (Å²) in [6.45, 7) is 3.35. The molecule has 0 aromatic heterocycles. The first-order chi connectivity index (χ1) is 13.4. The number of amides is 2. The fourth-order valence-electron chi connectivity index (χ4n) is 4.48. The normalized spacial score (nSPS) is 25.8. The molecule has 1 aromatic carbocycles. The van der Waals surface area contributed by atoms with Crippen LogP contribution in [0.15, 0.2) is 29.3 Å². The van der Waals surface area contributed by atoms with E-state index >= 15 is 0 Å². The monoisotopic (exact) mass is 389 g/mol. The summed E-state index contributed by atoms with van der Waals surface area (Å²) in [5, 5.41) is 9.20. The molecule has 3 aliphatic rings. The molecule has 2 aliphatic heterocycles. The lowest BCUT2D eigenvalue weighted by Gasteiger charge is -2.39. The Labute approximate surface area is 163 Å². The van der Waals surface area contributed by atoms with Gasteiger partial charge in [-0.15, -0.1) is 0 Å². The predicted octanol–water partition coefficient (Wildman–Crippen LogP) is 2.35. The number of nitrogens with one attached hydrogen (secondary N) is 3. The average Bonchev–Trinajstić information content (AvgIpc) is 3.47. The fraction of sp³-hybridized carbons (Fsp3) is 0.524. The van der Waals surface area contributed by atoms with Gasteiger partial charge in [-0.3, -0.25) is 9.59 Å². The highest BCUT2D eigenvalue weighted by Crippen LogP contribution is 2.45. The average molecular weight is 389 g/mol. The molecular formula is C21H25F2N3O2. The lowest BCUT2D eigenvalue weighted by molar-refractivity contribution is -0.124. The van der Waals surface area contributed by atoms with Gasteiger partial charge in [0, 0.05) is 35.7 Å². The van der Waals surface area contributed by atoms with Crippen LogP contribution in [0.1, 0.15) is 44.2 Å². The Kier molecular flexibility index (Phi) is 5.19. The third kappa shape index (κ3) is 3.81. The molecule has 0 spiro atoms. The number of halogens is 2. The molecule has 2 fully saturated rings. The van der Waals surface area contributed by atoms with Crippen LogP contribution in [0.2, 0.25) is 0 Å². The molecule has 150 valence electrons. The van der Waals surface area contributed by atoms with Crippen LogP contribution in [0.5, 0.6) is 0 Å². The molecule has 4 rings (SSSR count). The van der Waals surface area contributed by atoms with Crippen LogP contribution in [0.3, 0.4) is 0 Å². The number of carbonyl (C=O) groups is 2. The summed E-state index contributed by atoms with van der Waals surface area (Å²) < 4.78 is 27.1. The Morgan fingerprint density at radius 1 is 1.29 bits per heavy atom. The summed E-state index contributed by atoms with van der Waals surface area (Å²) in [4.78, 5) is 25.3. The Bertz CT molecular complexity index is 835. The van der Waals surface area contributed by atoms with Crippen LogP contribution in [0.4, 0.5) is 8.78 Å². The molecule has 1 saturated heterocycles. The van der Waals surface area contributed by atoms with E-state index in [0.29, 0.717) is 11.5 Å². The van der Waals surface area contributed by atoms with E-state index in [2.05, 4.69) is 16.0 Å². The van der Waals surface area contributed by atoms with E-state index in [-0.39, 0.29) is 35.8 Å². The number of hydrogen-bond acceptors (Lipinski definition) is 3. The van der Waals surface area contributed by atoms with E-state index in [0.717, 1.165) is 44.0 Å². The third-order valence-electron chi connectivity index (χ3n) is 5.98. The number of piperidine rings is 1. The summed E-state index contributed by atoms with van der Waals surface area (Å²) in [7, 11) is 0. The topological polar surface area (TPSA) is 70.2 Å². The lowest BCUT2D eigenvalue weighted by atomic mass is 9.77. The van der Waals surface area contributed by atoms with Crippen molar-refractivity contribution < 1.29 is 18.4 Å². The van der Waals surface area contributed by atoms with Gasteiger partial charge < -0.3 is 16.0 Å². The van der Waals surface area contributed by atoms with Crippen molar-refractivity contribution >= 4 is 11.8 Å². The van der Waals surface area contributed by atoms with Crippen molar-refractivity contribution in [1.82, 2.24) is 16.0 Å². The Morgan fingerprint density at radius 3 is 2.79 bits per heavy atom. The molecule has 1 aliphatic carbocycles. The maximum Gasteiger partial charge on any atom is 0.247 e. The molecule has 2 unspecified atom stereocenters. The van der Waals surface area contributed by atoms with E-state index in [9.17, 15) is 18.4 Å². The maximum atomic E-state index is 14.0. The second-order valence-electron chi connectivity index (χ2n) is 8.02. The number of benzene rings is 1. The van der Waals surface area contributed by atoms with Crippen LogP contribution in [0, 0.1) is 23.5 Å². The SMILES string of the molecule is C[C@H](NC(=O)CC1=C(C2CC2)C2CNCCC2NC1=O)c1ccc(F)cc1F. The molecule has 7 heteroatoms. The quantitative estimate of drug-likeness (QED) is 0.724. The molecule has 0 radical (unpaired) electrons. The highest BCUT2D eigenvalue weighted by molar-refractivity contribution is 6.00. The summed E-state index contributed by atoms with van der Waals surface area (Å²) in [5.41, 5.74) is 1.92. The fourth-order valence-corrected chi connectivity index (χ4v) is 4.48. The molecule has 28 heavy (non-hydrogen) atoms. The van der Waals surface area contributed by atoms with Crippen molar-refractivity contribution in [3.63, 3.8) is 0 Å². The first kappa shape index (κ1) is 19.1. The highest BCUT2D eigenvalue weighted by atomic mass is 19.1. The van der Waals surface area contributed by atoms with E-state index < -0.39 is 17.7 Å². The summed E-state index contributed by atoms with van der Waals surface area (Å²) in [6, 6.07) is 2.82. The van der Waals surface area contributed by atoms with Crippen molar-refractivity contribution in [1.29, 1.82) is 0 Å². The van der Waals surface area contributed by atoms with Crippen molar-refractivity contribution in [2.75, 3.05) is 13.1 Å². The smallest absolute Gasteiger partial charge is 0.247 e. The van der Waals surface area contributed by atoms with E-state index in [1.165, 1.54) is 12.1 Å². The zero-order chi connectivity index (χ0) is 19.8. The van der Waals surface area contributed by atoms with Gasteiger partial charge in [-0.25, -0.2) is 8.78 Å². The van der Waals surface area contributed by atoms with E-state index in [1.54, 1.807) is 6.92 Å². The highest BCUT2D eigenvalue weighted by Gasteiger charge is 2.43. The zero-order valence-corrected chi connectivity index (χ0v) is 15.9. The van der Waals surface area contributed by atoms with Crippen molar-refractivity contribution in [2.24, 2.45) is 11.8 Å². The molecule has 2 heterocycles. The van der Waals surface area contributed by atoms with Crippen LogP contribution >= 0.6 is 0 Å². The van der Waals surface area contributed by atoms with Crippen LogP contribution in [0.25, 0.3) is 0 Å². The van der Waals surface area contributed by atoms with Gasteiger partial charge in [0.15, 0.2) is 0 Å². The van der Waals surface area contributed by atoms with E-state index in [4.69, 9.17) is 0 Å². The first-order valence-electron chi connectivity index (χ1n) is 9.93. The predicted molar refractivity (Wildman–Crippen MR) is 100 cm³/mol. The summed E-state index contributed by atoms with van der Waals surface area (Å²) in [5.74, 6) is -1.20. The Hall–Kier alpha value is -2.28. The maximum absolute atomic E-state index is 14.0. The third-order valence-corrected chi connectivity index (χ3v) is 5.98. The van der Waals surface area contributed by atoms with Crippen LogP contribution in [-0.2, 0) is 9.59 Å². The molecular weight excluding hydrogens is 364 g/mol. The molecule has 2 amide bonds. The van der Waals surface area contributed by atoms with Gasteiger partial charge in [-0.05, 0) is 44.7 Å². The molecule has 3 atom stereocenters. The van der Waals surface area contributed by atoms with E-state index in [1.807, 2.05) is 0 Å². The van der Waals surface area contributed by atoms with Gasteiger partial charge in [0.2, 0.25) is 11.8 Å². The lowest BCUT2D eigenvalue weighted by Crippen LogP contribution is -2.54. The van der Waals surface area contributed by atoms with Crippen LogP contribution in [-0.4, -0.2) is 30.9 Å². The van der Waals surface area contributed by atoms with Gasteiger partial charge in [-0.2, -0.15) is 0 Å². The molecule has 1 aromatic rings. The van der Waals surface area contributed by atoms with Gasteiger partial charge in [-0.1, -0.05) is 11.6 Å². The number of fused-ring (bicyclic) bond motifs is 1. The second kappa shape index (κ2) is 7.62. The largest absolute Gasteiger partial charge is 0.349 e. The van der Waals surface area contributed by atoms with Crippen LogP contribution < -0.4 is 16.0 Å².